The van der Waals surface area contributed by atoms with E-state index in [1.807, 2.05) is 24.5 Å². The fraction of sp³-hybridized carbons (Fsp3) is 0.318. The Bertz CT molecular complexity index is 964. The molecule has 0 bridgehead atoms. The molecule has 0 saturated heterocycles. The number of aromatic amines is 1. The first-order valence-corrected chi connectivity index (χ1v) is 9.74. The van der Waals surface area contributed by atoms with Crippen molar-refractivity contribution in [1.29, 1.82) is 0 Å². The highest BCUT2D eigenvalue weighted by Crippen LogP contribution is 2.30. The highest BCUT2D eigenvalue weighted by molar-refractivity contribution is 5.55. The molecule has 1 fully saturated rings. The van der Waals surface area contributed by atoms with Gasteiger partial charge in [0.05, 0.1) is 0 Å². The molecular formula is C22H25N5O. The first kappa shape index (κ1) is 18.5. The first-order valence-electron chi connectivity index (χ1n) is 9.74. The zero-order valence-corrected chi connectivity index (χ0v) is 15.8. The van der Waals surface area contributed by atoms with E-state index in [-0.39, 0.29) is 5.56 Å². The number of benzene rings is 1. The lowest BCUT2D eigenvalue weighted by molar-refractivity contribution is 0.245. The molecule has 3 aromatic rings. The molecule has 0 amide bonds. The Balaban J connectivity index is 1.49. The summed E-state index contributed by atoms with van der Waals surface area (Å²) in [6.45, 7) is 2.32. The molecule has 2 aromatic heterocycles. The molecule has 4 rings (SSSR count). The zero-order chi connectivity index (χ0) is 19.3. The SMILES string of the molecule is NCCc1cc(=O)[nH]c(-c2ccc(CN(Cc3ccncc3)C3CC3)cc2)n1. The van der Waals surface area contributed by atoms with E-state index in [0.717, 1.165) is 24.3 Å². The van der Waals surface area contributed by atoms with Gasteiger partial charge < -0.3 is 10.7 Å². The number of hydrogen-bond donors (Lipinski definition) is 2. The predicted octanol–water partition coefficient (Wildman–Crippen LogP) is 2.50. The lowest BCUT2D eigenvalue weighted by Gasteiger charge is -2.22. The van der Waals surface area contributed by atoms with Gasteiger partial charge in [0.1, 0.15) is 5.82 Å². The molecule has 0 atom stereocenters. The van der Waals surface area contributed by atoms with E-state index in [9.17, 15) is 4.79 Å². The van der Waals surface area contributed by atoms with Gasteiger partial charge in [0.25, 0.3) is 5.56 Å². The maximum atomic E-state index is 11.9. The van der Waals surface area contributed by atoms with Crippen LogP contribution in [0.3, 0.4) is 0 Å². The van der Waals surface area contributed by atoms with Crippen molar-refractivity contribution in [3.8, 4) is 11.4 Å². The number of nitrogens with one attached hydrogen (secondary N) is 1. The number of nitrogens with zero attached hydrogens (tertiary/aromatic N) is 3. The number of aromatic nitrogens is 3. The molecule has 1 aliphatic carbocycles. The summed E-state index contributed by atoms with van der Waals surface area (Å²) in [5.74, 6) is 0.596. The van der Waals surface area contributed by atoms with Crippen LogP contribution in [0.5, 0.6) is 0 Å². The normalized spacial score (nSPS) is 13.8. The summed E-state index contributed by atoms with van der Waals surface area (Å²) in [6.07, 6.45) is 6.83. The van der Waals surface area contributed by atoms with Crippen LogP contribution in [0, 0.1) is 0 Å². The molecule has 1 aliphatic rings. The number of rotatable bonds is 8. The molecule has 0 radical (unpaired) electrons. The van der Waals surface area contributed by atoms with Gasteiger partial charge in [-0.15, -0.1) is 0 Å². The topological polar surface area (TPSA) is 87.9 Å². The molecular weight excluding hydrogens is 350 g/mol. The lowest BCUT2D eigenvalue weighted by Crippen LogP contribution is -2.25. The minimum Gasteiger partial charge on any atom is -0.330 e. The van der Waals surface area contributed by atoms with Crippen LogP contribution in [0.15, 0.2) is 59.7 Å². The highest BCUT2D eigenvalue weighted by atomic mass is 16.1. The van der Waals surface area contributed by atoms with E-state index in [2.05, 4.69) is 44.1 Å². The molecule has 0 aliphatic heterocycles. The summed E-state index contributed by atoms with van der Waals surface area (Å²) in [6, 6.07) is 14.6. The van der Waals surface area contributed by atoms with Crippen LogP contribution < -0.4 is 11.3 Å². The van der Waals surface area contributed by atoms with E-state index in [1.54, 1.807) is 0 Å². The van der Waals surface area contributed by atoms with Crippen LogP contribution in [0.4, 0.5) is 0 Å². The third-order valence-electron chi connectivity index (χ3n) is 5.01. The van der Waals surface area contributed by atoms with Gasteiger partial charge in [0, 0.05) is 55.3 Å². The second-order valence-electron chi connectivity index (χ2n) is 7.31. The van der Waals surface area contributed by atoms with Crippen LogP contribution in [0.1, 0.15) is 29.7 Å². The average Bonchev–Trinajstić information content (AvgIpc) is 3.54. The number of pyridine rings is 1. The molecule has 0 unspecified atom stereocenters. The molecule has 1 aromatic carbocycles. The van der Waals surface area contributed by atoms with Crippen LogP contribution in [-0.4, -0.2) is 32.4 Å². The second-order valence-corrected chi connectivity index (χ2v) is 7.31. The van der Waals surface area contributed by atoms with E-state index < -0.39 is 0 Å². The predicted molar refractivity (Wildman–Crippen MR) is 110 cm³/mol. The monoisotopic (exact) mass is 375 g/mol. The summed E-state index contributed by atoms with van der Waals surface area (Å²) >= 11 is 0. The molecule has 144 valence electrons. The van der Waals surface area contributed by atoms with Crippen LogP contribution >= 0.6 is 0 Å². The Labute approximate surface area is 164 Å². The van der Waals surface area contributed by atoms with Crippen LogP contribution in [0.25, 0.3) is 11.4 Å². The Kier molecular flexibility index (Phi) is 5.60. The standard InChI is InChI=1S/C22H25N5O/c23-10-7-19-13-21(28)26-22(25-19)18-3-1-16(2-4-18)14-27(20-5-6-20)15-17-8-11-24-12-9-17/h1-4,8-9,11-13,20H,5-7,10,14-15,23H2,(H,25,26,28). The Hall–Kier alpha value is -2.83. The van der Waals surface area contributed by atoms with Gasteiger partial charge in [-0.1, -0.05) is 24.3 Å². The van der Waals surface area contributed by atoms with E-state index in [0.29, 0.717) is 24.8 Å². The molecule has 1 saturated carbocycles. The number of hydrogen-bond acceptors (Lipinski definition) is 5. The van der Waals surface area contributed by atoms with Crippen molar-refractivity contribution < 1.29 is 0 Å². The fourth-order valence-electron chi connectivity index (χ4n) is 3.40. The van der Waals surface area contributed by atoms with Gasteiger partial charge in [-0.3, -0.25) is 14.7 Å². The third kappa shape index (κ3) is 4.71. The van der Waals surface area contributed by atoms with Gasteiger partial charge >= 0.3 is 0 Å². The largest absolute Gasteiger partial charge is 0.330 e. The smallest absolute Gasteiger partial charge is 0.251 e. The highest BCUT2D eigenvalue weighted by Gasteiger charge is 2.28. The quantitative estimate of drug-likeness (QED) is 0.632. The van der Waals surface area contributed by atoms with Crippen molar-refractivity contribution in [2.24, 2.45) is 5.73 Å². The van der Waals surface area contributed by atoms with Gasteiger partial charge in [-0.25, -0.2) is 4.98 Å². The molecule has 6 heteroatoms. The van der Waals surface area contributed by atoms with Crippen molar-refractivity contribution >= 4 is 0 Å². The molecule has 6 nitrogen and oxygen atoms in total. The summed E-state index contributed by atoms with van der Waals surface area (Å²) in [5.41, 5.74) is 9.62. The van der Waals surface area contributed by atoms with Gasteiger partial charge in [0.2, 0.25) is 0 Å². The minimum absolute atomic E-state index is 0.144. The van der Waals surface area contributed by atoms with Gasteiger partial charge in [-0.2, -0.15) is 0 Å². The van der Waals surface area contributed by atoms with Crippen molar-refractivity contribution in [3.05, 3.63) is 82.0 Å². The lowest BCUT2D eigenvalue weighted by atomic mass is 10.1. The van der Waals surface area contributed by atoms with Gasteiger partial charge in [0.15, 0.2) is 0 Å². The van der Waals surface area contributed by atoms with Crippen molar-refractivity contribution in [3.63, 3.8) is 0 Å². The Morgan fingerprint density at radius 2 is 1.71 bits per heavy atom. The number of nitrogens with two attached hydrogens (primary N) is 1. The fourth-order valence-corrected chi connectivity index (χ4v) is 3.40. The maximum absolute atomic E-state index is 11.9. The van der Waals surface area contributed by atoms with Crippen molar-refractivity contribution in [2.75, 3.05) is 6.54 Å². The average molecular weight is 375 g/mol. The van der Waals surface area contributed by atoms with Crippen molar-refractivity contribution in [2.45, 2.75) is 38.4 Å². The summed E-state index contributed by atoms with van der Waals surface area (Å²) < 4.78 is 0. The minimum atomic E-state index is -0.144. The zero-order valence-electron chi connectivity index (χ0n) is 15.8. The second kappa shape index (κ2) is 8.46. The molecule has 2 heterocycles. The summed E-state index contributed by atoms with van der Waals surface area (Å²) in [5, 5.41) is 0. The molecule has 28 heavy (non-hydrogen) atoms. The van der Waals surface area contributed by atoms with Crippen LogP contribution in [0.2, 0.25) is 0 Å². The Morgan fingerprint density at radius 3 is 2.36 bits per heavy atom. The molecule has 3 N–H and O–H groups in total. The maximum Gasteiger partial charge on any atom is 0.251 e. The Morgan fingerprint density at radius 1 is 1.04 bits per heavy atom. The molecule has 0 spiro atoms. The number of H-pyrrole nitrogens is 1. The van der Waals surface area contributed by atoms with E-state index >= 15 is 0 Å². The van der Waals surface area contributed by atoms with E-state index in [4.69, 9.17) is 5.73 Å². The van der Waals surface area contributed by atoms with Crippen molar-refractivity contribution in [1.82, 2.24) is 19.9 Å². The van der Waals surface area contributed by atoms with Gasteiger partial charge in [-0.05, 0) is 42.6 Å². The third-order valence-corrected chi connectivity index (χ3v) is 5.01. The summed E-state index contributed by atoms with van der Waals surface area (Å²) in [4.78, 5) is 25.8. The first-order chi connectivity index (χ1) is 13.7. The van der Waals surface area contributed by atoms with E-state index in [1.165, 1.54) is 30.0 Å². The van der Waals surface area contributed by atoms with Crippen LogP contribution in [-0.2, 0) is 19.5 Å². The summed E-state index contributed by atoms with van der Waals surface area (Å²) in [7, 11) is 0.